The highest BCUT2D eigenvalue weighted by Gasteiger charge is 2.10. The van der Waals surface area contributed by atoms with Gasteiger partial charge in [0.15, 0.2) is 0 Å². The van der Waals surface area contributed by atoms with Gasteiger partial charge in [0, 0.05) is 6.04 Å². The van der Waals surface area contributed by atoms with Gasteiger partial charge < -0.3 is 4.74 Å². The fraction of sp³-hybridized carbons (Fsp3) is 0.333. The minimum Gasteiger partial charge on any atom is -0.497 e. The van der Waals surface area contributed by atoms with E-state index in [0.29, 0.717) is 0 Å². The monoisotopic (exact) mass is 284 g/mol. The second kappa shape index (κ2) is 7.25. The van der Waals surface area contributed by atoms with Crippen molar-refractivity contribution in [3.8, 4) is 5.75 Å². The molecule has 0 fully saturated rings. The van der Waals surface area contributed by atoms with Gasteiger partial charge in [0.05, 0.1) is 7.11 Å². The summed E-state index contributed by atoms with van der Waals surface area (Å²) in [5.74, 6) is 6.59. The number of hydrazine groups is 1. The standard InChI is InChI=1S/C18H24N2O/c1-13(2)7-9-16(20-19)11-15-6-4-5-14-8-10-17(21-3)12-18(14)15/h4-6,8,10,12,16,20H,1,7,9,11,19H2,2-3H3. The predicted octanol–water partition coefficient (Wildman–Crippen LogP) is 3.58. The number of benzene rings is 2. The summed E-state index contributed by atoms with van der Waals surface area (Å²) in [4.78, 5) is 0. The van der Waals surface area contributed by atoms with E-state index in [2.05, 4.69) is 49.3 Å². The average molecular weight is 284 g/mol. The van der Waals surface area contributed by atoms with Gasteiger partial charge in [-0.15, -0.1) is 6.58 Å². The van der Waals surface area contributed by atoms with Gasteiger partial charge in [-0.1, -0.05) is 29.8 Å². The Kier molecular flexibility index (Phi) is 5.37. The van der Waals surface area contributed by atoms with Crippen LogP contribution < -0.4 is 16.0 Å². The van der Waals surface area contributed by atoms with Gasteiger partial charge in [0.1, 0.15) is 5.75 Å². The third kappa shape index (κ3) is 4.06. The molecule has 3 N–H and O–H groups in total. The van der Waals surface area contributed by atoms with E-state index in [1.54, 1.807) is 7.11 Å². The Morgan fingerprint density at radius 1 is 1.33 bits per heavy atom. The van der Waals surface area contributed by atoms with Crippen LogP contribution in [-0.2, 0) is 6.42 Å². The first-order chi connectivity index (χ1) is 10.1. The van der Waals surface area contributed by atoms with Crippen LogP contribution in [0.2, 0.25) is 0 Å². The number of hydrogen-bond donors (Lipinski definition) is 2. The Hall–Kier alpha value is -1.84. The minimum atomic E-state index is 0.249. The highest BCUT2D eigenvalue weighted by molar-refractivity contribution is 5.87. The molecule has 0 aliphatic rings. The number of hydrogen-bond acceptors (Lipinski definition) is 3. The van der Waals surface area contributed by atoms with Crippen LogP contribution in [0, 0.1) is 0 Å². The highest BCUT2D eigenvalue weighted by atomic mass is 16.5. The largest absolute Gasteiger partial charge is 0.497 e. The van der Waals surface area contributed by atoms with Crippen LogP contribution in [0.4, 0.5) is 0 Å². The summed E-state index contributed by atoms with van der Waals surface area (Å²) in [6, 6.07) is 12.8. The van der Waals surface area contributed by atoms with E-state index in [0.717, 1.165) is 25.0 Å². The maximum Gasteiger partial charge on any atom is 0.119 e. The fourth-order valence-electron chi connectivity index (χ4n) is 2.55. The molecular weight excluding hydrogens is 260 g/mol. The summed E-state index contributed by atoms with van der Waals surface area (Å²) in [5, 5.41) is 2.45. The lowest BCUT2D eigenvalue weighted by atomic mass is 9.96. The van der Waals surface area contributed by atoms with Crippen molar-refractivity contribution < 1.29 is 4.74 Å². The lowest BCUT2D eigenvalue weighted by molar-refractivity contribution is 0.415. The van der Waals surface area contributed by atoms with Gasteiger partial charge >= 0.3 is 0 Å². The van der Waals surface area contributed by atoms with Crippen molar-refractivity contribution in [1.29, 1.82) is 0 Å². The van der Waals surface area contributed by atoms with Crippen molar-refractivity contribution in [2.45, 2.75) is 32.2 Å². The quantitative estimate of drug-likeness (QED) is 0.464. The van der Waals surface area contributed by atoms with Crippen LogP contribution in [0.5, 0.6) is 5.75 Å². The number of nitrogens with one attached hydrogen (secondary N) is 1. The van der Waals surface area contributed by atoms with Crippen molar-refractivity contribution >= 4 is 10.8 Å². The summed E-state index contributed by atoms with van der Waals surface area (Å²) in [5.41, 5.74) is 5.40. The molecule has 2 aromatic carbocycles. The number of fused-ring (bicyclic) bond motifs is 1. The average Bonchev–Trinajstić information content (AvgIpc) is 2.50. The van der Waals surface area contributed by atoms with E-state index >= 15 is 0 Å². The molecule has 2 rings (SSSR count). The molecule has 2 aromatic rings. The lowest BCUT2D eigenvalue weighted by Crippen LogP contribution is -2.36. The van der Waals surface area contributed by atoms with Gasteiger partial charge in [-0.25, -0.2) is 0 Å². The van der Waals surface area contributed by atoms with Gasteiger partial charge in [0.25, 0.3) is 0 Å². The van der Waals surface area contributed by atoms with E-state index < -0.39 is 0 Å². The molecular formula is C18H24N2O. The molecule has 0 saturated heterocycles. The molecule has 3 nitrogen and oxygen atoms in total. The zero-order valence-electron chi connectivity index (χ0n) is 12.9. The Morgan fingerprint density at radius 3 is 2.81 bits per heavy atom. The molecule has 0 aliphatic carbocycles. The van der Waals surface area contributed by atoms with Crippen LogP contribution in [0.1, 0.15) is 25.3 Å². The van der Waals surface area contributed by atoms with E-state index in [9.17, 15) is 0 Å². The summed E-state index contributed by atoms with van der Waals surface area (Å²) in [7, 11) is 1.70. The zero-order chi connectivity index (χ0) is 15.2. The smallest absolute Gasteiger partial charge is 0.119 e. The molecule has 0 spiro atoms. The first kappa shape index (κ1) is 15.5. The molecule has 3 heteroatoms. The molecule has 21 heavy (non-hydrogen) atoms. The zero-order valence-corrected chi connectivity index (χ0v) is 12.9. The normalized spacial score (nSPS) is 12.3. The summed E-state index contributed by atoms with van der Waals surface area (Å²) < 4.78 is 5.34. The number of rotatable bonds is 7. The summed E-state index contributed by atoms with van der Waals surface area (Å²) in [6.45, 7) is 6.01. The third-order valence-electron chi connectivity index (χ3n) is 3.80. The molecule has 0 bridgehead atoms. The van der Waals surface area contributed by atoms with Crippen LogP contribution in [0.15, 0.2) is 48.6 Å². The molecule has 0 radical (unpaired) electrons. The first-order valence-corrected chi connectivity index (χ1v) is 7.30. The first-order valence-electron chi connectivity index (χ1n) is 7.30. The topological polar surface area (TPSA) is 47.3 Å². The molecule has 0 saturated carbocycles. The minimum absolute atomic E-state index is 0.249. The van der Waals surface area contributed by atoms with E-state index in [1.807, 2.05) is 6.07 Å². The molecule has 0 amide bonds. The van der Waals surface area contributed by atoms with Crippen molar-refractivity contribution in [1.82, 2.24) is 5.43 Å². The SMILES string of the molecule is C=C(C)CCC(Cc1cccc2ccc(OC)cc12)NN. The number of nitrogens with two attached hydrogens (primary N) is 1. The Labute approximate surface area is 126 Å². The Bertz CT molecular complexity index is 622. The van der Waals surface area contributed by atoms with Gasteiger partial charge in [0.2, 0.25) is 0 Å². The maximum atomic E-state index is 5.70. The van der Waals surface area contributed by atoms with E-state index in [1.165, 1.54) is 21.9 Å². The van der Waals surface area contributed by atoms with E-state index in [4.69, 9.17) is 10.6 Å². The molecule has 1 atom stereocenters. The Morgan fingerprint density at radius 2 is 2.14 bits per heavy atom. The van der Waals surface area contributed by atoms with Crippen LogP contribution in [0.3, 0.4) is 0 Å². The number of allylic oxidation sites excluding steroid dienone is 1. The molecule has 112 valence electrons. The second-order valence-corrected chi connectivity index (χ2v) is 5.57. The van der Waals surface area contributed by atoms with Crippen molar-refractivity contribution in [3.63, 3.8) is 0 Å². The maximum absolute atomic E-state index is 5.70. The van der Waals surface area contributed by atoms with Gasteiger partial charge in [-0.2, -0.15) is 0 Å². The summed E-state index contributed by atoms with van der Waals surface area (Å²) in [6.07, 6.45) is 2.88. The number of ether oxygens (including phenoxy) is 1. The van der Waals surface area contributed by atoms with Crippen LogP contribution in [-0.4, -0.2) is 13.2 Å². The van der Waals surface area contributed by atoms with Gasteiger partial charge in [-0.05, 0) is 54.7 Å². The number of methoxy groups -OCH3 is 1. The fourth-order valence-corrected chi connectivity index (χ4v) is 2.55. The van der Waals surface area contributed by atoms with Crippen molar-refractivity contribution in [2.24, 2.45) is 5.84 Å². The Balaban J connectivity index is 2.25. The lowest BCUT2D eigenvalue weighted by Gasteiger charge is -2.17. The molecule has 1 unspecified atom stereocenters. The van der Waals surface area contributed by atoms with Crippen LogP contribution >= 0.6 is 0 Å². The van der Waals surface area contributed by atoms with Crippen LogP contribution in [0.25, 0.3) is 10.8 Å². The summed E-state index contributed by atoms with van der Waals surface area (Å²) >= 11 is 0. The van der Waals surface area contributed by atoms with Crippen molar-refractivity contribution in [2.75, 3.05) is 7.11 Å². The molecule has 0 heterocycles. The van der Waals surface area contributed by atoms with Crippen molar-refractivity contribution in [3.05, 3.63) is 54.1 Å². The van der Waals surface area contributed by atoms with E-state index in [-0.39, 0.29) is 6.04 Å². The molecule has 0 aromatic heterocycles. The second-order valence-electron chi connectivity index (χ2n) is 5.57. The highest BCUT2D eigenvalue weighted by Crippen LogP contribution is 2.25. The van der Waals surface area contributed by atoms with Gasteiger partial charge in [-0.3, -0.25) is 11.3 Å². The predicted molar refractivity (Wildman–Crippen MR) is 89.4 cm³/mol. The molecule has 0 aliphatic heterocycles. The third-order valence-corrected chi connectivity index (χ3v) is 3.80.